The van der Waals surface area contributed by atoms with E-state index >= 15 is 0 Å². The molecule has 0 saturated carbocycles. The van der Waals surface area contributed by atoms with Crippen LogP contribution in [-0.4, -0.2) is 0 Å². The van der Waals surface area contributed by atoms with Gasteiger partial charge < -0.3 is 5.32 Å². The van der Waals surface area contributed by atoms with Crippen LogP contribution >= 0.6 is 15.9 Å². The third-order valence-corrected chi connectivity index (χ3v) is 3.74. The molecule has 4 heteroatoms. The van der Waals surface area contributed by atoms with Crippen molar-refractivity contribution in [2.24, 2.45) is 0 Å². The van der Waals surface area contributed by atoms with Crippen LogP contribution in [-0.2, 0) is 0 Å². The fourth-order valence-electron chi connectivity index (χ4n) is 2.24. The highest BCUT2D eigenvalue weighted by atomic mass is 79.9. The topological polar surface area (TPSA) is 35.8 Å². The standard InChI is InChI=1S/C17H10BrFN2/c18-12-6-8-17(15(19)9-12)21-16-7-5-11(10-20)13-3-1-2-4-14(13)16/h1-9,21H. The van der Waals surface area contributed by atoms with Gasteiger partial charge in [-0.3, -0.25) is 0 Å². The van der Waals surface area contributed by atoms with Crippen molar-refractivity contribution in [3.8, 4) is 6.07 Å². The minimum Gasteiger partial charge on any atom is -0.353 e. The highest BCUT2D eigenvalue weighted by Crippen LogP contribution is 2.30. The zero-order valence-corrected chi connectivity index (χ0v) is 12.5. The van der Waals surface area contributed by atoms with Crippen LogP contribution in [0.3, 0.4) is 0 Å². The number of rotatable bonds is 2. The monoisotopic (exact) mass is 340 g/mol. The maximum Gasteiger partial charge on any atom is 0.147 e. The lowest BCUT2D eigenvalue weighted by molar-refractivity contribution is 0.631. The summed E-state index contributed by atoms with van der Waals surface area (Å²) in [7, 11) is 0. The molecule has 0 amide bonds. The molecule has 0 heterocycles. The molecule has 0 unspecified atom stereocenters. The summed E-state index contributed by atoms with van der Waals surface area (Å²) in [5.41, 5.74) is 1.77. The van der Waals surface area contributed by atoms with E-state index < -0.39 is 0 Å². The number of hydrogen-bond donors (Lipinski definition) is 1. The Balaban J connectivity index is 2.12. The summed E-state index contributed by atoms with van der Waals surface area (Å²) < 4.78 is 14.6. The van der Waals surface area contributed by atoms with Gasteiger partial charge in [-0.1, -0.05) is 40.2 Å². The second-order valence-corrected chi connectivity index (χ2v) is 5.48. The summed E-state index contributed by atoms with van der Waals surface area (Å²) in [4.78, 5) is 0. The Bertz CT molecular complexity index is 868. The molecule has 0 aliphatic rings. The summed E-state index contributed by atoms with van der Waals surface area (Å²) in [6.45, 7) is 0. The van der Waals surface area contributed by atoms with E-state index in [0.29, 0.717) is 15.7 Å². The molecular formula is C17H10BrFN2. The van der Waals surface area contributed by atoms with Gasteiger partial charge in [-0.05, 0) is 30.3 Å². The SMILES string of the molecule is N#Cc1ccc(Nc2ccc(Br)cc2F)c2ccccc12. The largest absolute Gasteiger partial charge is 0.353 e. The lowest BCUT2D eigenvalue weighted by atomic mass is 10.0. The highest BCUT2D eigenvalue weighted by Gasteiger charge is 2.08. The molecule has 102 valence electrons. The molecule has 0 atom stereocenters. The quantitative estimate of drug-likeness (QED) is 0.681. The second kappa shape index (κ2) is 5.55. The van der Waals surface area contributed by atoms with E-state index in [-0.39, 0.29) is 5.82 Å². The lowest BCUT2D eigenvalue weighted by Gasteiger charge is -2.11. The van der Waals surface area contributed by atoms with E-state index in [2.05, 4.69) is 27.3 Å². The average Bonchev–Trinajstić information content (AvgIpc) is 2.50. The van der Waals surface area contributed by atoms with Crippen LogP contribution in [0.15, 0.2) is 59.1 Å². The van der Waals surface area contributed by atoms with Gasteiger partial charge in [0.15, 0.2) is 0 Å². The van der Waals surface area contributed by atoms with Crippen LogP contribution < -0.4 is 5.32 Å². The van der Waals surface area contributed by atoms with Gasteiger partial charge in [0.25, 0.3) is 0 Å². The van der Waals surface area contributed by atoms with Crippen molar-refractivity contribution in [2.45, 2.75) is 0 Å². The molecule has 1 N–H and O–H groups in total. The number of nitrogens with one attached hydrogen (secondary N) is 1. The van der Waals surface area contributed by atoms with Crippen molar-refractivity contribution >= 4 is 38.1 Å². The molecule has 0 fully saturated rings. The predicted octanol–water partition coefficient (Wildman–Crippen LogP) is 5.36. The summed E-state index contributed by atoms with van der Waals surface area (Å²) in [5, 5.41) is 14.0. The summed E-state index contributed by atoms with van der Waals surface area (Å²) >= 11 is 3.24. The van der Waals surface area contributed by atoms with Crippen molar-refractivity contribution in [2.75, 3.05) is 5.32 Å². The summed E-state index contributed by atoms with van der Waals surface area (Å²) in [6.07, 6.45) is 0. The third kappa shape index (κ3) is 2.61. The first-order valence-electron chi connectivity index (χ1n) is 6.33. The van der Waals surface area contributed by atoms with E-state index in [1.165, 1.54) is 6.07 Å². The summed E-state index contributed by atoms with van der Waals surface area (Å²) in [6, 6.07) is 18.1. The zero-order valence-electron chi connectivity index (χ0n) is 10.9. The minimum absolute atomic E-state index is 0.335. The fraction of sp³-hybridized carbons (Fsp3) is 0. The molecule has 0 bridgehead atoms. The average molecular weight is 341 g/mol. The molecular weight excluding hydrogens is 331 g/mol. The molecule has 0 aliphatic heterocycles. The van der Waals surface area contributed by atoms with Crippen molar-refractivity contribution in [1.82, 2.24) is 0 Å². The van der Waals surface area contributed by atoms with Gasteiger partial charge in [0.2, 0.25) is 0 Å². The Morgan fingerprint density at radius 2 is 1.67 bits per heavy atom. The molecule has 0 saturated heterocycles. The van der Waals surface area contributed by atoms with Crippen LogP contribution in [0.1, 0.15) is 5.56 Å². The maximum absolute atomic E-state index is 13.9. The van der Waals surface area contributed by atoms with E-state index in [1.807, 2.05) is 24.3 Å². The number of anilines is 2. The Morgan fingerprint density at radius 3 is 2.38 bits per heavy atom. The molecule has 0 spiro atoms. The van der Waals surface area contributed by atoms with Crippen LogP contribution in [0, 0.1) is 17.1 Å². The number of fused-ring (bicyclic) bond motifs is 1. The van der Waals surface area contributed by atoms with Gasteiger partial charge in [0.1, 0.15) is 5.82 Å². The second-order valence-electron chi connectivity index (χ2n) is 4.57. The van der Waals surface area contributed by atoms with Crippen LogP contribution in [0.2, 0.25) is 0 Å². The third-order valence-electron chi connectivity index (χ3n) is 3.24. The molecule has 0 aromatic heterocycles. The molecule has 3 aromatic rings. The minimum atomic E-state index is -0.335. The van der Waals surface area contributed by atoms with Crippen LogP contribution in [0.25, 0.3) is 10.8 Å². The number of nitriles is 1. The number of halogens is 2. The van der Waals surface area contributed by atoms with Crippen molar-refractivity contribution in [3.63, 3.8) is 0 Å². The fourth-order valence-corrected chi connectivity index (χ4v) is 2.57. The number of benzene rings is 3. The Kier molecular flexibility index (Phi) is 3.59. The normalized spacial score (nSPS) is 10.3. The van der Waals surface area contributed by atoms with E-state index in [0.717, 1.165) is 16.5 Å². The van der Waals surface area contributed by atoms with Crippen molar-refractivity contribution in [1.29, 1.82) is 5.26 Å². The number of nitrogens with zero attached hydrogens (tertiary/aromatic N) is 1. The first-order chi connectivity index (χ1) is 10.2. The van der Waals surface area contributed by atoms with Crippen molar-refractivity contribution in [3.05, 3.63) is 70.5 Å². The van der Waals surface area contributed by atoms with Gasteiger partial charge in [0, 0.05) is 20.9 Å². The molecule has 2 nitrogen and oxygen atoms in total. The van der Waals surface area contributed by atoms with E-state index in [4.69, 9.17) is 5.26 Å². The Morgan fingerprint density at radius 1 is 0.952 bits per heavy atom. The molecule has 21 heavy (non-hydrogen) atoms. The first-order valence-corrected chi connectivity index (χ1v) is 7.12. The predicted molar refractivity (Wildman–Crippen MR) is 86.0 cm³/mol. The molecule has 3 aromatic carbocycles. The first kappa shape index (κ1) is 13.6. The van der Waals surface area contributed by atoms with Crippen molar-refractivity contribution < 1.29 is 4.39 Å². The van der Waals surface area contributed by atoms with Gasteiger partial charge >= 0.3 is 0 Å². The lowest BCUT2D eigenvalue weighted by Crippen LogP contribution is -1.95. The van der Waals surface area contributed by atoms with E-state index in [1.54, 1.807) is 24.3 Å². The zero-order chi connectivity index (χ0) is 14.8. The molecule has 3 rings (SSSR count). The molecule has 0 radical (unpaired) electrons. The highest BCUT2D eigenvalue weighted by molar-refractivity contribution is 9.10. The van der Waals surface area contributed by atoms with Crippen LogP contribution in [0.4, 0.5) is 15.8 Å². The van der Waals surface area contributed by atoms with E-state index in [9.17, 15) is 4.39 Å². The maximum atomic E-state index is 13.9. The van der Waals surface area contributed by atoms with Crippen LogP contribution in [0.5, 0.6) is 0 Å². The van der Waals surface area contributed by atoms with Gasteiger partial charge in [-0.15, -0.1) is 0 Å². The summed E-state index contributed by atoms with van der Waals surface area (Å²) in [5.74, 6) is -0.335. The Labute approximate surface area is 130 Å². The number of hydrogen-bond acceptors (Lipinski definition) is 2. The van der Waals surface area contributed by atoms with Gasteiger partial charge in [-0.25, -0.2) is 4.39 Å². The Hall–Kier alpha value is -2.38. The van der Waals surface area contributed by atoms with Gasteiger partial charge in [0.05, 0.1) is 17.3 Å². The van der Waals surface area contributed by atoms with Gasteiger partial charge in [-0.2, -0.15) is 5.26 Å². The smallest absolute Gasteiger partial charge is 0.147 e. The molecule has 0 aliphatic carbocycles.